The van der Waals surface area contributed by atoms with Crippen LogP contribution in [0.5, 0.6) is 0 Å². The number of ether oxygens (including phenoxy) is 2. The van der Waals surface area contributed by atoms with Crippen molar-refractivity contribution in [2.24, 2.45) is 5.73 Å². The molecular formula is C39H76NO8P. The molecule has 0 aliphatic heterocycles. The molecule has 0 saturated carbocycles. The highest BCUT2D eigenvalue weighted by atomic mass is 31.2. The first kappa shape index (κ1) is 47.8. The lowest BCUT2D eigenvalue weighted by Gasteiger charge is -2.19. The van der Waals surface area contributed by atoms with Gasteiger partial charge in [-0.15, -0.1) is 0 Å². The highest BCUT2D eigenvalue weighted by Crippen LogP contribution is 2.43. The zero-order chi connectivity index (χ0) is 36.1. The van der Waals surface area contributed by atoms with Crippen LogP contribution in [-0.2, 0) is 32.7 Å². The summed E-state index contributed by atoms with van der Waals surface area (Å²) in [5, 5.41) is 0. The molecule has 1 unspecified atom stereocenters. The number of carbonyl (C=O) groups excluding carboxylic acids is 2. The highest BCUT2D eigenvalue weighted by molar-refractivity contribution is 7.47. The number of phosphoric ester groups is 1. The Bertz CT molecular complexity index is 825. The van der Waals surface area contributed by atoms with Gasteiger partial charge in [0, 0.05) is 19.4 Å². The summed E-state index contributed by atoms with van der Waals surface area (Å²) in [6.07, 6.45) is 35.3. The van der Waals surface area contributed by atoms with Crippen molar-refractivity contribution in [1.82, 2.24) is 0 Å². The predicted octanol–water partition coefficient (Wildman–Crippen LogP) is 11.1. The number of phosphoric acid groups is 1. The Hall–Kier alpha value is -1.25. The molecule has 290 valence electrons. The SMILES string of the molecule is CCCCCCCCCCC/C=C\CCCCC(=O)O[C@H](COC(=O)CCCCCCCCCCCCCCC)COP(=O)(O)OCCN. The molecule has 0 aliphatic rings. The Balaban J connectivity index is 4.20. The van der Waals surface area contributed by atoms with Gasteiger partial charge in [0.1, 0.15) is 6.61 Å². The van der Waals surface area contributed by atoms with E-state index in [2.05, 4.69) is 26.0 Å². The number of esters is 2. The third kappa shape index (κ3) is 36.3. The van der Waals surface area contributed by atoms with Crippen LogP contribution in [0.15, 0.2) is 12.2 Å². The van der Waals surface area contributed by atoms with Gasteiger partial charge in [0.15, 0.2) is 6.10 Å². The minimum atomic E-state index is -4.37. The fourth-order valence-electron chi connectivity index (χ4n) is 5.63. The van der Waals surface area contributed by atoms with Gasteiger partial charge in [0.25, 0.3) is 0 Å². The Labute approximate surface area is 300 Å². The minimum Gasteiger partial charge on any atom is -0.462 e. The maximum atomic E-state index is 12.5. The number of rotatable bonds is 38. The van der Waals surface area contributed by atoms with Gasteiger partial charge >= 0.3 is 19.8 Å². The van der Waals surface area contributed by atoms with E-state index in [-0.39, 0.29) is 38.6 Å². The maximum absolute atomic E-state index is 12.5. The number of nitrogens with two attached hydrogens (primary N) is 1. The van der Waals surface area contributed by atoms with Gasteiger partial charge in [-0.2, -0.15) is 0 Å². The van der Waals surface area contributed by atoms with Gasteiger partial charge in [-0.3, -0.25) is 18.6 Å². The fraction of sp³-hybridized carbons (Fsp3) is 0.897. The average molecular weight is 718 g/mol. The third-order valence-electron chi connectivity index (χ3n) is 8.65. The summed E-state index contributed by atoms with van der Waals surface area (Å²) in [4.78, 5) is 34.7. The smallest absolute Gasteiger partial charge is 0.462 e. The van der Waals surface area contributed by atoms with Crippen LogP contribution >= 0.6 is 7.82 Å². The quantitative estimate of drug-likeness (QED) is 0.0277. The van der Waals surface area contributed by atoms with Crippen LogP contribution < -0.4 is 5.73 Å². The summed E-state index contributed by atoms with van der Waals surface area (Å²) in [6.45, 7) is 3.72. The van der Waals surface area contributed by atoms with Crippen molar-refractivity contribution >= 4 is 19.8 Å². The van der Waals surface area contributed by atoms with E-state index >= 15 is 0 Å². The molecule has 0 radical (unpaired) electrons. The largest absolute Gasteiger partial charge is 0.472 e. The van der Waals surface area contributed by atoms with Crippen molar-refractivity contribution in [3.05, 3.63) is 12.2 Å². The van der Waals surface area contributed by atoms with Crippen LogP contribution in [0.3, 0.4) is 0 Å². The van der Waals surface area contributed by atoms with E-state index in [9.17, 15) is 19.0 Å². The summed E-state index contributed by atoms with van der Waals surface area (Å²) in [6, 6.07) is 0. The lowest BCUT2D eigenvalue weighted by molar-refractivity contribution is -0.161. The summed E-state index contributed by atoms with van der Waals surface area (Å²) in [7, 11) is -4.37. The Morgan fingerprint density at radius 1 is 0.592 bits per heavy atom. The van der Waals surface area contributed by atoms with Crippen LogP contribution in [0.25, 0.3) is 0 Å². The second kappa shape index (κ2) is 36.5. The van der Waals surface area contributed by atoms with E-state index in [4.69, 9.17) is 24.3 Å². The van der Waals surface area contributed by atoms with Crippen LogP contribution in [0, 0.1) is 0 Å². The number of carbonyl (C=O) groups is 2. The molecule has 49 heavy (non-hydrogen) atoms. The molecule has 0 fully saturated rings. The average Bonchev–Trinajstić information content (AvgIpc) is 3.08. The lowest BCUT2D eigenvalue weighted by Crippen LogP contribution is -2.29. The van der Waals surface area contributed by atoms with E-state index in [1.165, 1.54) is 122 Å². The Kier molecular flexibility index (Phi) is 35.6. The molecule has 0 saturated heterocycles. The Morgan fingerprint density at radius 3 is 1.49 bits per heavy atom. The van der Waals surface area contributed by atoms with E-state index in [1.807, 2.05) is 0 Å². The van der Waals surface area contributed by atoms with Crippen molar-refractivity contribution in [3.63, 3.8) is 0 Å². The van der Waals surface area contributed by atoms with Gasteiger partial charge in [-0.25, -0.2) is 4.57 Å². The molecule has 0 aromatic heterocycles. The zero-order valence-corrected chi connectivity index (χ0v) is 32.6. The van der Waals surface area contributed by atoms with Gasteiger partial charge in [0.2, 0.25) is 0 Å². The minimum absolute atomic E-state index is 0.0531. The molecule has 3 N–H and O–H groups in total. The first-order chi connectivity index (χ1) is 23.8. The molecule has 0 rings (SSSR count). The number of hydrogen-bond acceptors (Lipinski definition) is 8. The van der Waals surface area contributed by atoms with Crippen LogP contribution in [0.1, 0.15) is 194 Å². The molecule has 0 aromatic rings. The molecule has 0 heterocycles. The topological polar surface area (TPSA) is 134 Å². The predicted molar refractivity (Wildman–Crippen MR) is 201 cm³/mol. The van der Waals surface area contributed by atoms with Gasteiger partial charge in [0.05, 0.1) is 13.2 Å². The molecule has 0 bridgehead atoms. The Morgan fingerprint density at radius 2 is 1.00 bits per heavy atom. The van der Waals surface area contributed by atoms with Crippen LogP contribution in [-0.4, -0.2) is 49.3 Å². The van der Waals surface area contributed by atoms with Gasteiger partial charge < -0.3 is 20.1 Å². The summed E-state index contributed by atoms with van der Waals surface area (Å²) in [5.74, 6) is -0.847. The van der Waals surface area contributed by atoms with E-state index in [0.717, 1.165) is 38.5 Å². The normalized spacial score (nSPS) is 13.5. The third-order valence-corrected chi connectivity index (χ3v) is 9.64. The monoisotopic (exact) mass is 718 g/mol. The number of allylic oxidation sites excluding steroid dienone is 2. The molecule has 2 atom stereocenters. The summed E-state index contributed by atoms with van der Waals surface area (Å²) in [5.41, 5.74) is 5.33. The van der Waals surface area contributed by atoms with Crippen molar-refractivity contribution in [3.8, 4) is 0 Å². The van der Waals surface area contributed by atoms with Crippen molar-refractivity contribution in [1.29, 1.82) is 0 Å². The standard InChI is InChI=1S/C39H76NO8P/c1-3-5-7-9-11-13-15-17-18-20-22-24-26-28-30-32-39(42)48-37(36-47-49(43,44)46-34-33-40)35-45-38(41)31-29-27-25-23-21-19-16-14-12-10-8-6-4-2/h22,24,37H,3-21,23,25-36,40H2,1-2H3,(H,43,44)/b24-22-/t37-/m1/s1. The number of unbranched alkanes of at least 4 members (excludes halogenated alkanes) is 23. The lowest BCUT2D eigenvalue weighted by atomic mass is 10.0. The number of hydrogen-bond donors (Lipinski definition) is 2. The molecule has 0 amide bonds. The highest BCUT2D eigenvalue weighted by Gasteiger charge is 2.25. The van der Waals surface area contributed by atoms with Crippen LogP contribution in [0.2, 0.25) is 0 Å². The second-order valence-electron chi connectivity index (χ2n) is 13.5. The van der Waals surface area contributed by atoms with E-state index in [1.54, 1.807) is 0 Å². The summed E-state index contributed by atoms with van der Waals surface area (Å²) >= 11 is 0. The summed E-state index contributed by atoms with van der Waals surface area (Å²) < 4.78 is 32.7. The maximum Gasteiger partial charge on any atom is 0.472 e. The van der Waals surface area contributed by atoms with Crippen molar-refractivity contribution < 1.29 is 37.6 Å². The molecular weight excluding hydrogens is 641 g/mol. The van der Waals surface area contributed by atoms with Gasteiger partial charge in [-0.05, 0) is 38.5 Å². The molecule has 0 spiro atoms. The van der Waals surface area contributed by atoms with E-state index in [0.29, 0.717) is 6.42 Å². The first-order valence-electron chi connectivity index (χ1n) is 20.2. The second-order valence-corrected chi connectivity index (χ2v) is 15.0. The zero-order valence-electron chi connectivity index (χ0n) is 31.7. The molecule has 10 heteroatoms. The molecule has 0 aliphatic carbocycles. The molecule has 9 nitrogen and oxygen atoms in total. The van der Waals surface area contributed by atoms with E-state index < -0.39 is 26.5 Å². The van der Waals surface area contributed by atoms with Crippen molar-refractivity contribution in [2.75, 3.05) is 26.4 Å². The first-order valence-corrected chi connectivity index (χ1v) is 21.7. The van der Waals surface area contributed by atoms with Crippen LogP contribution in [0.4, 0.5) is 0 Å². The van der Waals surface area contributed by atoms with Gasteiger partial charge in [-0.1, -0.05) is 154 Å². The molecule has 0 aromatic carbocycles. The van der Waals surface area contributed by atoms with Crippen molar-refractivity contribution in [2.45, 2.75) is 200 Å². The fourth-order valence-corrected chi connectivity index (χ4v) is 6.39.